The number of hydrogen-bond acceptors (Lipinski definition) is 11. The highest BCUT2D eigenvalue weighted by molar-refractivity contribution is 7.47. The van der Waals surface area contributed by atoms with E-state index in [2.05, 4.69) is 12.2 Å². The third-order valence-corrected chi connectivity index (χ3v) is 10.7. The van der Waals surface area contributed by atoms with E-state index in [9.17, 15) is 50.0 Å². The molecule has 1 aliphatic carbocycles. The van der Waals surface area contributed by atoms with Gasteiger partial charge in [0.15, 0.2) is 0 Å². The lowest BCUT2D eigenvalue weighted by molar-refractivity contribution is -0.220. The van der Waals surface area contributed by atoms with Crippen molar-refractivity contribution in [3.05, 3.63) is 0 Å². The number of hydrogen-bond donors (Lipinski definition) is 9. The molecule has 13 nitrogen and oxygen atoms in total. The minimum atomic E-state index is -5.08. The smallest absolute Gasteiger partial charge is 0.393 e. The first-order chi connectivity index (χ1) is 23.8. The van der Waals surface area contributed by atoms with Crippen LogP contribution in [0.3, 0.4) is 0 Å². The van der Waals surface area contributed by atoms with Gasteiger partial charge in [-0.05, 0) is 12.8 Å². The van der Waals surface area contributed by atoms with Crippen LogP contribution in [0.15, 0.2) is 0 Å². The molecule has 0 heterocycles. The van der Waals surface area contributed by atoms with Gasteiger partial charge in [-0.15, -0.1) is 0 Å². The Morgan fingerprint density at radius 2 is 1.00 bits per heavy atom. The van der Waals surface area contributed by atoms with Crippen molar-refractivity contribution >= 4 is 13.7 Å². The maximum absolute atomic E-state index is 12.8. The number of amides is 1. The molecular weight excluding hydrogens is 669 g/mol. The molecule has 0 aliphatic heterocycles. The highest BCUT2D eigenvalue weighted by Gasteiger charge is 2.51. The summed E-state index contributed by atoms with van der Waals surface area (Å²) >= 11 is 0. The number of aliphatic hydroxyl groups is 7. The van der Waals surface area contributed by atoms with Gasteiger partial charge in [0, 0.05) is 0 Å². The van der Waals surface area contributed by atoms with Crippen LogP contribution in [-0.4, -0.2) is 108 Å². The molecule has 9 N–H and O–H groups in total. The van der Waals surface area contributed by atoms with E-state index in [4.69, 9.17) is 9.05 Å². The summed E-state index contributed by atoms with van der Waals surface area (Å²) in [7, 11) is -5.08. The van der Waals surface area contributed by atoms with Crippen molar-refractivity contribution in [2.45, 2.75) is 216 Å². The molecule has 0 aromatic rings. The quantitative estimate of drug-likeness (QED) is 0.0353. The molecular formula is C36H72NO12P. The Morgan fingerprint density at radius 3 is 1.46 bits per heavy atom. The average Bonchev–Trinajstić information content (AvgIpc) is 3.08. The summed E-state index contributed by atoms with van der Waals surface area (Å²) < 4.78 is 22.5. The van der Waals surface area contributed by atoms with Crippen LogP contribution in [-0.2, 0) is 18.4 Å². The van der Waals surface area contributed by atoms with Crippen LogP contribution in [0.25, 0.3) is 0 Å². The molecule has 298 valence electrons. The van der Waals surface area contributed by atoms with Crippen LogP contribution < -0.4 is 5.32 Å². The molecule has 0 aromatic carbocycles. The molecule has 1 aliphatic rings. The molecule has 50 heavy (non-hydrogen) atoms. The Bertz CT molecular complexity index is 885. The summed E-state index contributed by atoms with van der Waals surface area (Å²) in [5, 5.41) is 73.5. The summed E-state index contributed by atoms with van der Waals surface area (Å²) in [5.41, 5.74) is 0. The zero-order valence-electron chi connectivity index (χ0n) is 30.8. The first kappa shape index (κ1) is 47.3. The number of nitrogens with one attached hydrogen (secondary N) is 1. The third kappa shape index (κ3) is 20.5. The number of phosphoric ester groups is 1. The number of carbonyl (C=O) groups is 1. The number of phosphoric acid groups is 1. The van der Waals surface area contributed by atoms with E-state index in [1.165, 1.54) is 83.5 Å². The second kappa shape index (κ2) is 27.8. The van der Waals surface area contributed by atoms with Gasteiger partial charge in [-0.1, -0.05) is 142 Å². The molecule has 8 atom stereocenters. The largest absolute Gasteiger partial charge is 0.472 e. The molecule has 1 fully saturated rings. The van der Waals surface area contributed by atoms with E-state index in [1.807, 2.05) is 6.92 Å². The van der Waals surface area contributed by atoms with Crippen molar-refractivity contribution in [2.24, 2.45) is 0 Å². The van der Waals surface area contributed by atoms with E-state index in [1.54, 1.807) is 0 Å². The fraction of sp³-hybridized carbons (Fsp3) is 0.972. The molecule has 0 bridgehead atoms. The number of rotatable bonds is 31. The molecule has 0 radical (unpaired) electrons. The van der Waals surface area contributed by atoms with Gasteiger partial charge in [0.05, 0.1) is 31.3 Å². The lowest BCUT2D eigenvalue weighted by atomic mass is 9.85. The van der Waals surface area contributed by atoms with Gasteiger partial charge in [0.2, 0.25) is 5.91 Å². The zero-order chi connectivity index (χ0) is 37.4. The first-order valence-electron chi connectivity index (χ1n) is 19.6. The Morgan fingerprint density at radius 1 is 0.620 bits per heavy atom. The summed E-state index contributed by atoms with van der Waals surface area (Å²) in [4.78, 5) is 23.0. The van der Waals surface area contributed by atoms with Gasteiger partial charge in [0.25, 0.3) is 0 Å². The zero-order valence-corrected chi connectivity index (χ0v) is 31.7. The van der Waals surface area contributed by atoms with E-state index in [-0.39, 0.29) is 12.8 Å². The average molecular weight is 742 g/mol. The molecule has 8 unspecified atom stereocenters. The van der Waals surface area contributed by atoms with Crippen molar-refractivity contribution in [3.63, 3.8) is 0 Å². The molecule has 0 spiro atoms. The number of aliphatic hydroxyl groups excluding tert-OH is 7. The Kier molecular flexibility index (Phi) is 26.3. The molecule has 0 aromatic heterocycles. The van der Waals surface area contributed by atoms with Gasteiger partial charge < -0.3 is 46.0 Å². The predicted molar refractivity (Wildman–Crippen MR) is 192 cm³/mol. The van der Waals surface area contributed by atoms with Gasteiger partial charge in [0.1, 0.15) is 36.6 Å². The predicted octanol–water partition coefficient (Wildman–Crippen LogP) is 4.53. The van der Waals surface area contributed by atoms with Crippen LogP contribution in [0, 0.1) is 0 Å². The minimum absolute atomic E-state index is 0.219. The van der Waals surface area contributed by atoms with Crippen molar-refractivity contribution in [3.8, 4) is 0 Å². The normalized spacial score (nSPS) is 25.6. The van der Waals surface area contributed by atoms with E-state index in [0.717, 1.165) is 38.5 Å². The molecule has 14 heteroatoms. The van der Waals surface area contributed by atoms with Crippen molar-refractivity contribution < 1.29 is 59.0 Å². The van der Waals surface area contributed by atoms with Crippen LogP contribution in [0.1, 0.15) is 162 Å². The van der Waals surface area contributed by atoms with Crippen LogP contribution >= 0.6 is 7.82 Å². The van der Waals surface area contributed by atoms with Gasteiger partial charge in [-0.3, -0.25) is 13.8 Å². The molecule has 0 saturated heterocycles. The van der Waals surface area contributed by atoms with Gasteiger partial charge in [-0.25, -0.2) is 4.57 Å². The topological polar surface area (TPSA) is 226 Å². The van der Waals surface area contributed by atoms with Gasteiger partial charge in [-0.2, -0.15) is 0 Å². The van der Waals surface area contributed by atoms with Crippen molar-refractivity contribution in [1.29, 1.82) is 0 Å². The van der Waals surface area contributed by atoms with Crippen molar-refractivity contribution in [1.82, 2.24) is 5.32 Å². The Balaban J connectivity index is 2.36. The summed E-state index contributed by atoms with van der Waals surface area (Å²) in [5.74, 6) is -0.570. The fourth-order valence-electron chi connectivity index (χ4n) is 6.42. The SMILES string of the molecule is CCCCCCCCCCCCCCCCCCCC(O)CC(=O)NC(COP(=O)(O)OC1C(O)C(O)C(O)C(O)C1O)C(O)CCCCC. The lowest BCUT2D eigenvalue weighted by Crippen LogP contribution is -2.64. The van der Waals surface area contributed by atoms with E-state index >= 15 is 0 Å². The highest BCUT2D eigenvalue weighted by atomic mass is 31.2. The Hall–Kier alpha value is -0.700. The number of unbranched alkanes of at least 4 members (excludes halogenated alkanes) is 18. The number of carbonyl (C=O) groups excluding carboxylic acids is 1. The second-order valence-electron chi connectivity index (χ2n) is 14.3. The Labute approximate surface area is 300 Å². The standard InChI is InChI=1S/C36H72NO12P/c1-3-5-7-8-9-10-11-12-13-14-15-16-17-18-19-20-22-23-27(38)25-30(40)37-28(29(39)24-21-6-4-2)26-48-50(46,47)49-36-34(44)32(42)31(41)33(43)35(36)45/h27-29,31-36,38-39,41-45H,3-26H2,1-2H3,(H,37,40)(H,46,47). The summed E-state index contributed by atoms with van der Waals surface area (Å²) in [6.45, 7) is 3.55. The molecule has 1 rings (SSSR count). The monoisotopic (exact) mass is 741 g/mol. The minimum Gasteiger partial charge on any atom is -0.393 e. The van der Waals surface area contributed by atoms with E-state index < -0.39 is 75.2 Å². The maximum atomic E-state index is 12.8. The third-order valence-electron chi connectivity index (χ3n) is 9.72. The highest BCUT2D eigenvalue weighted by Crippen LogP contribution is 2.47. The summed E-state index contributed by atoms with van der Waals surface area (Å²) in [6, 6.07) is -1.14. The van der Waals surface area contributed by atoms with Crippen LogP contribution in [0.4, 0.5) is 0 Å². The maximum Gasteiger partial charge on any atom is 0.472 e. The van der Waals surface area contributed by atoms with Gasteiger partial charge >= 0.3 is 7.82 Å². The fourth-order valence-corrected chi connectivity index (χ4v) is 7.39. The first-order valence-corrected chi connectivity index (χ1v) is 21.1. The molecule has 1 amide bonds. The van der Waals surface area contributed by atoms with Crippen LogP contribution in [0.5, 0.6) is 0 Å². The van der Waals surface area contributed by atoms with Crippen LogP contribution in [0.2, 0.25) is 0 Å². The van der Waals surface area contributed by atoms with E-state index in [0.29, 0.717) is 12.8 Å². The lowest BCUT2D eigenvalue weighted by Gasteiger charge is -2.41. The van der Waals surface area contributed by atoms with Crippen molar-refractivity contribution in [2.75, 3.05) is 6.61 Å². The summed E-state index contributed by atoms with van der Waals surface area (Å²) in [6.07, 6.45) is 10.2. The molecule has 1 saturated carbocycles. The second-order valence-corrected chi connectivity index (χ2v) is 15.7.